The summed E-state index contributed by atoms with van der Waals surface area (Å²) in [6, 6.07) is 18.7. The molecular formula is C23H30N4O. The first-order valence-electron chi connectivity index (χ1n) is 10.1. The maximum absolute atomic E-state index is 11.8. The zero-order chi connectivity index (χ0) is 19.8. The van der Waals surface area contributed by atoms with Crippen LogP contribution >= 0.6 is 0 Å². The number of carbonyl (C=O) groups excluding carboxylic acids is 1. The standard InChI is InChI=1S/C23H30N4O/c1-3-8-22(28)26-21-12-7-9-18(15-21)16-25-23(24-2)27-14-13-20(17-27)19-10-5-4-6-11-19/h4-7,9-12,15,20H,3,8,13-14,16-17H2,1-2H3,(H,24,25)(H,26,28). The van der Waals surface area contributed by atoms with E-state index in [2.05, 4.69) is 56.9 Å². The lowest BCUT2D eigenvalue weighted by atomic mass is 9.99. The van der Waals surface area contributed by atoms with E-state index in [1.165, 1.54) is 5.56 Å². The molecule has 0 bridgehead atoms. The van der Waals surface area contributed by atoms with Crippen LogP contribution in [0.15, 0.2) is 59.6 Å². The summed E-state index contributed by atoms with van der Waals surface area (Å²) >= 11 is 0. The predicted octanol–water partition coefficient (Wildman–Crippen LogP) is 3.99. The van der Waals surface area contributed by atoms with Gasteiger partial charge in [-0.3, -0.25) is 9.79 Å². The summed E-state index contributed by atoms with van der Waals surface area (Å²) in [4.78, 5) is 18.6. The summed E-state index contributed by atoms with van der Waals surface area (Å²) < 4.78 is 0. The van der Waals surface area contributed by atoms with Gasteiger partial charge in [0.05, 0.1) is 0 Å². The number of amides is 1. The van der Waals surface area contributed by atoms with Gasteiger partial charge in [-0.15, -0.1) is 0 Å². The quantitative estimate of drug-likeness (QED) is 0.590. The van der Waals surface area contributed by atoms with Crippen LogP contribution < -0.4 is 10.6 Å². The molecule has 1 amide bonds. The van der Waals surface area contributed by atoms with E-state index in [-0.39, 0.29) is 5.91 Å². The zero-order valence-electron chi connectivity index (χ0n) is 16.8. The van der Waals surface area contributed by atoms with Crippen LogP contribution in [0.3, 0.4) is 0 Å². The summed E-state index contributed by atoms with van der Waals surface area (Å²) in [5.74, 6) is 1.54. The van der Waals surface area contributed by atoms with Crippen LogP contribution in [0.4, 0.5) is 5.69 Å². The molecule has 1 aliphatic heterocycles. The highest BCUT2D eigenvalue weighted by molar-refractivity contribution is 5.90. The maximum atomic E-state index is 11.8. The van der Waals surface area contributed by atoms with Crippen LogP contribution in [0.2, 0.25) is 0 Å². The monoisotopic (exact) mass is 378 g/mol. The summed E-state index contributed by atoms with van der Waals surface area (Å²) in [6.45, 7) is 4.67. The van der Waals surface area contributed by atoms with E-state index in [4.69, 9.17) is 0 Å². The Labute approximate surface area is 167 Å². The number of nitrogens with zero attached hydrogens (tertiary/aromatic N) is 2. The molecule has 1 aliphatic rings. The molecule has 5 nitrogen and oxygen atoms in total. The van der Waals surface area contributed by atoms with Gasteiger partial charge in [-0.1, -0.05) is 49.4 Å². The van der Waals surface area contributed by atoms with Gasteiger partial charge in [0, 0.05) is 44.7 Å². The SMILES string of the molecule is CCCC(=O)Nc1cccc(CNC(=NC)N2CCC(c3ccccc3)C2)c1. The first-order chi connectivity index (χ1) is 13.7. The highest BCUT2D eigenvalue weighted by Crippen LogP contribution is 2.26. The van der Waals surface area contributed by atoms with Crippen LogP contribution in [-0.2, 0) is 11.3 Å². The Balaban J connectivity index is 1.55. The second-order valence-corrected chi connectivity index (χ2v) is 7.24. The Hall–Kier alpha value is -2.82. The van der Waals surface area contributed by atoms with Crippen LogP contribution in [0.1, 0.15) is 43.2 Å². The summed E-state index contributed by atoms with van der Waals surface area (Å²) in [5.41, 5.74) is 3.36. The molecule has 2 aromatic rings. The molecule has 0 spiro atoms. The molecule has 1 saturated heterocycles. The predicted molar refractivity (Wildman–Crippen MR) is 116 cm³/mol. The maximum Gasteiger partial charge on any atom is 0.224 e. The number of hydrogen-bond acceptors (Lipinski definition) is 2. The largest absolute Gasteiger partial charge is 0.352 e. The average Bonchev–Trinajstić information content (AvgIpc) is 3.20. The fraction of sp³-hybridized carbons (Fsp3) is 0.391. The lowest BCUT2D eigenvalue weighted by Gasteiger charge is -2.22. The fourth-order valence-electron chi connectivity index (χ4n) is 3.67. The summed E-state index contributed by atoms with van der Waals surface area (Å²) in [6.07, 6.45) is 2.54. The third kappa shape index (κ3) is 5.35. The molecule has 0 saturated carbocycles. The molecule has 28 heavy (non-hydrogen) atoms. The van der Waals surface area contributed by atoms with Gasteiger partial charge in [-0.2, -0.15) is 0 Å². The number of aliphatic imine (C=N–C) groups is 1. The number of hydrogen-bond donors (Lipinski definition) is 2. The lowest BCUT2D eigenvalue weighted by molar-refractivity contribution is -0.116. The Morgan fingerprint density at radius 1 is 1.18 bits per heavy atom. The molecule has 1 heterocycles. The van der Waals surface area contributed by atoms with Crippen LogP contribution in [0, 0.1) is 0 Å². The highest BCUT2D eigenvalue weighted by atomic mass is 16.1. The molecule has 5 heteroatoms. The van der Waals surface area contributed by atoms with Gasteiger partial charge in [0.1, 0.15) is 0 Å². The van der Waals surface area contributed by atoms with Gasteiger partial charge in [0.15, 0.2) is 5.96 Å². The fourth-order valence-corrected chi connectivity index (χ4v) is 3.67. The van der Waals surface area contributed by atoms with Crippen molar-refractivity contribution >= 4 is 17.6 Å². The average molecular weight is 379 g/mol. The van der Waals surface area contributed by atoms with Gasteiger partial charge in [-0.05, 0) is 36.1 Å². The van der Waals surface area contributed by atoms with Crippen molar-refractivity contribution in [2.75, 3.05) is 25.5 Å². The smallest absolute Gasteiger partial charge is 0.224 e. The van der Waals surface area contributed by atoms with Gasteiger partial charge in [0.2, 0.25) is 5.91 Å². The minimum atomic E-state index is 0.0624. The van der Waals surface area contributed by atoms with Crippen molar-refractivity contribution in [1.82, 2.24) is 10.2 Å². The van der Waals surface area contributed by atoms with Crippen molar-refractivity contribution in [3.05, 3.63) is 65.7 Å². The number of benzene rings is 2. The number of likely N-dealkylation sites (tertiary alicyclic amines) is 1. The molecule has 148 valence electrons. The van der Waals surface area contributed by atoms with E-state index in [1.54, 1.807) is 0 Å². The second kappa shape index (κ2) is 9.93. The first-order valence-corrected chi connectivity index (χ1v) is 10.1. The molecule has 3 rings (SSSR count). The van der Waals surface area contributed by atoms with Crippen molar-refractivity contribution in [2.24, 2.45) is 4.99 Å². The van der Waals surface area contributed by atoms with Crippen LogP contribution in [0.5, 0.6) is 0 Å². The van der Waals surface area contributed by atoms with Gasteiger partial charge >= 0.3 is 0 Å². The topological polar surface area (TPSA) is 56.7 Å². The Kier molecular flexibility index (Phi) is 7.06. The number of rotatable bonds is 6. The van der Waals surface area contributed by atoms with Gasteiger partial charge in [0.25, 0.3) is 0 Å². The molecule has 1 fully saturated rings. The minimum absolute atomic E-state index is 0.0624. The van der Waals surface area contributed by atoms with E-state index < -0.39 is 0 Å². The van der Waals surface area contributed by atoms with Crippen LogP contribution in [-0.4, -0.2) is 36.9 Å². The molecular weight excluding hydrogens is 348 g/mol. The van der Waals surface area contributed by atoms with Crippen molar-refractivity contribution in [3.8, 4) is 0 Å². The molecule has 1 unspecified atom stereocenters. The molecule has 1 atom stereocenters. The van der Waals surface area contributed by atoms with E-state index >= 15 is 0 Å². The van der Waals surface area contributed by atoms with E-state index in [1.807, 2.05) is 32.2 Å². The summed E-state index contributed by atoms with van der Waals surface area (Å²) in [5, 5.41) is 6.43. The van der Waals surface area contributed by atoms with E-state index in [9.17, 15) is 4.79 Å². The third-order valence-corrected chi connectivity index (χ3v) is 5.11. The zero-order valence-corrected chi connectivity index (χ0v) is 16.8. The van der Waals surface area contributed by atoms with Crippen molar-refractivity contribution < 1.29 is 4.79 Å². The lowest BCUT2D eigenvalue weighted by Crippen LogP contribution is -2.39. The van der Waals surface area contributed by atoms with E-state index in [0.717, 1.165) is 43.1 Å². The van der Waals surface area contributed by atoms with Gasteiger partial charge < -0.3 is 15.5 Å². The van der Waals surface area contributed by atoms with Gasteiger partial charge in [-0.25, -0.2) is 0 Å². The van der Waals surface area contributed by atoms with Crippen LogP contribution in [0.25, 0.3) is 0 Å². The summed E-state index contributed by atoms with van der Waals surface area (Å²) in [7, 11) is 1.83. The normalized spacial score (nSPS) is 16.9. The second-order valence-electron chi connectivity index (χ2n) is 7.24. The molecule has 0 aromatic heterocycles. The highest BCUT2D eigenvalue weighted by Gasteiger charge is 2.25. The van der Waals surface area contributed by atoms with Crippen molar-refractivity contribution in [3.63, 3.8) is 0 Å². The third-order valence-electron chi connectivity index (χ3n) is 5.11. The number of carbonyl (C=O) groups is 1. The molecule has 2 aromatic carbocycles. The Morgan fingerprint density at radius 2 is 2.00 bits per heavy atom. The number of nitrogens with one attached hydrogen (secondary N) is 2. The first kappa shape index (κ1) is 19.9. The number of guanidine groups is 1. The Morgan fingerprint density at radius 3 is 2.75 bits per heavy atom. The van der Waals surface area contributed by atoms with Crippen molar-refractivity contribution in [1.29, 1.82) is 0 Å². The molecule has 0 aliphatic carbocycles. The molecule has 2 N–H and O–H groups in total. The Bertz CT molecular complexity index is 803. The van der Waals surface area contributed by atoms with E-state index in [0.29, 0.717) is 18.9 Å². The van der Waals surface area contributed by atoms with Crippen molar-refractivity contribution in [2.45, 2.75) is 38.6 Å². The molecule has 0 radical (unpaired) electrons. The number of anilines is 1. The minimum Gasteiger partial charge on any atom is -0.352 e.